The van der Waals surface area contributed by atoms with E-state index < -0.39 is 67.1 Å². The van der Waals surface area contributed by atoms with Crippen LogP contribution in [0.4, 0.5) is 0 Å². The molecular formula is C51H56N4O13. The molecule has 11 atom stereocenters. The van der Waals surface area contributed by atoms with Gasteiger partial charge in [-0.2, -0.15) is 0 Å². The van der Waals surface area contributed by atoms with E-state index in [0.717, 1.165) is 16.6 Å². The topological polar surface area (TPSA) is 261 Å². The van der Waals surface area contributed by atoms with Crippen LogP contribution in [0.3, 0.4) is 0 Å². The van der Waals surface area contributed by atoms with Crippen LogP contribution in [0.2, 0.25) is 0 Å². The van der Waals surface area contributed by atoms with Gasteiger partial charge < -0.3 is 65.1 Å². The van der Waals surface area contributed by atoms with Crippen LogP contribution in [0.5, 0.6) is 17.2 Å². The van der Waals surface area contributed by atoms with Crippen molar-refractivity contribution in [3.8, 4) is 22.9 Å². The van der Waals surface area contributed by atoms with Gasteiger partial charge in [-0.1, -0.05) is 37.3 Å². The number of aromatic nitrogens is 2. The molecule has 17 heteroatoms. The number of hydrogen-bond acceptors (Lipinski definition) is 14. The molecule has 0 saturated carbocycles. The van der Waals surface area contributed by atoms with Crippen LogP contribution in [-0.4, -0.2) is 120 Å². The van der Waals surface area contributed by atoms with Crippen molar-refractivity contribution in [3.63, 3.8) is 0 Å². The van der Waals surface area contributed by atoms with Gasteiger partial charge >= 0.3 is 0 Å². The van der Waals surface area contributed by atoms with Crippen molar-refractivity contribution >= 4 is 38.6 Å². The van der Waals surface area contributed by atoms with Crippen molar-refractivity contribution < 1.29 is 59.5 Å². The minimum absolute atomic E-state index is 0.0592. The largest absolute Gasteiger partial charge is 0.508 e. The number of likely N-dealkylation sites (N-methyl/N-ethyl adjacent to an activating group) is 1. The molecule has 1 spiro atoms. The number of nitrogens with zero attached hydrogens (tertiary/aromatic N) is 1. The second-order valence-electron chi connectivity index (χ2n) is 18.8. The first-order valence-electron chi connectivity index (χ1n) is 23.1. The molecule has 5 heterocycles. The van der Waals surface area contributed by atoms with Crippen LogP contribution in [-0.2, 0) is 33.8 Å². The Bertz CT molecular complexity index is 3050. The minimum Gasteiger partial charge on any atom is -0.508 e. The number of allylic oxidation sites excluding steroid dienone is 1. The highest BCUT2D eigenvalue weighted by Crippen LogP contribution is 2.56. The van der Waals surface area contributed by atoms with Crippen LogP contribution in [0.1, 0.15) is 35.9 Å². The zero-order valence-corrected chi connectivity index (χ0v) is 37.8. The fourth-order valence-corrected chi connectivity index (χ4v) is 11.5. The molecule has 1 fully saturated rings. The number of nitrogens with one attached hydrogen (secondary N) is 3. The van der Waals surface area contributed by atoms with E-state index in [1.54, 1.807) is 13.0 Å². The van der Waals surface area contributed by atoms with Crippen LogP contribution < -0.4 is 20.8 Å². The summed E-state index contributed by atoms with van der Waals surface area (Å²) in [6.45, 7) is 2.47. The Morgan fingerprint density at radius 2 is 1.78 bits per heavy atom. The number of aromatic amines is 1. The fourth-order valence-electron chi connectivity index (χ4n) is 11.5. The molecule has 17 nitrogen and oxygen atoms in total. The first-order chi connectivity index (χ1) is 32.7. The lowest BCUT2D eigenvalue weighted by molar-refractivity contribution is -0.380. The molecule has 2 aliphatic carbocycles. The van der Waals surface area contributed by atoms with Crippen molar-refractivity contribution in [2.75, 3.05) is 26.8 Å². The summed E-state index contributed by atoms with van der Waals surface area (Å²) in [6, 6.07) is 12.0. The zero-order valence-electron chi connectivity index (χ0n) is 37.8. The number of amides is 1. The van der Waals surface area contributed by atoms with Gasteiger partial charge in [0.05, 0.1) is 17.5 Å². The van der Waals surface area contributed by atoms with Gasteiger partial charge in [0.2, 0.25) is 5.91 Å². The lowest BCUT2D eigenvalue weighted by Crippen LogP contribution is -2.69. The van der Waals surface area contributed by atoms with Gasteiger partial charge in [0.1, 0.15) is 59.6 Å². The molecule has 6 aromatic rings. The summed E-state index contributed by atoms with van der Waals surface area (Å²) in [5.74, 6) is -0.652. The van der Waals surface area contributed by atoms with Crippen molar-refractivity contribution in [1.29, 1.82) is 0 Å². The lowest BCUT2D eigenvalue weighted by atomic mass is 9.56. The third-order valence-corrected chi connectivity index (χ3v) is 14.9. The molecule has 0 radical (unpaired) electrons. The summed E-state index contributed by atoms with van der Waals surface area (Å²) in [7, 11) is 1.85. The molecule has 3 aromatic heterocycles. The number of phenolic OH excluding ortho intramolecular Hbond substituents is 2. The molecular weight excluding hydrogens is 877 g/mol. The highest BCUT2D eigenvalue weighted by atomic mass is 17.2. The van der Waals surface area contributed by atoms with Gasteiger partial charge in [0, 0.05) is 84.2 Å². The van der Waals surface area contributed by atoms with E-state index in [9.17, 15) is 45.3 Å². The van der Waals surface area contributed by atoms with Crippen molar-refractivity contribution in [2.24, 2.45) is 23.7 Å². The summed E-state index contributed by atoms with van der Waals surface area (Å²) < 4.78 is 16.2. The van der Waals surface area contributed by atoms with Gasteiger partial charge in [-0.05, 0) is 79.6 Å². The molecule has 10 N–H and O–H groups in total. The number of hydrogen-bond donors (Lipinski definition) is 10. The molecule has 2 aliphatic heterocycles. The Kier molecular flexibility index (Phi) is 11.8. The van der Waals surface area contributed by atoms with Crippen LogP contribution >= 0.6 is 0 Å². The monoisotopic (exact) mass is 932 g/mol. The lowest BCUT2D eigenvalue weighted by Gasteiger charge is -2.58. The number of carbonyl (C=O) groups is 1. The van der Waals surface area contributed by atoms with Gasteiger partial charge in [-0.3, -0.25) is 9.59 Å². The minimum atomic E-state index is -2.45. The summed E-state index contributed by atoms with van der Waals surface area (Å²) in [4.78, 5) is 42.8. The molecule has 2 bridgehead atoms. The molecule has 1 saturated heterocycles. The summed E-state index contributed by atoms with van der Waals surface area (Å²) in [5.41, 5.74) is -0.405. The quantitative estimate of drug-likeness (QED) is 0.0428. The van der Waals surface area contributed by atoms with Crippen molar-refractivity contribution in [2.45, 2.75) is 81.2 Å². The summed E-state index contributed by atoms with van der Waals surface area (Å²) in [5, 5.41) is 85.1. The number of carbonyl (C=O) groups excluding carboxylic acids is 1. The zero-order chi connectivity index (χ0) is 47.8. The number of rotatable bonds is 14. The number of ether oxygens (including phenoxy) is 1. The molecule has 68 heavy (non-hydrogen) atoms. The number of phenols is 2. The Balaban J connectivity index is 1.12. The van der Waals surface area contributed by atoms with E-state index in [0.29, 0.717) is 69.5 Å². The smallest absolute Gasteiger partial charge is 0.220 e. The first kappa shape index (κ1) is 45.7. The predicted octanol–water partition coefficient (Wildman–Crippen LogP) is 3.25. The number of benzene rings is 3. The molecule has 1 amide bonds. The number of fused-ring (bicyclic) bond motifs is 4. The molecule has 10 rings (SSSR count). The number of aliphatic hydroxyl groups is 5. The van der Waals surface area contributed by atoms with Crippen LogP contribution in [0, 0.1) is 30.6 Å². The molecule has 3 aromatic carbocycles. The summed E-state index contributed by atoms with van der Waals surface area (Å²) >= 11 is 0. The van der Waals surface area contributed by atoms with E-state index in [1.165, 1.54) is 36.4 Å². The highest BCUT2D eigenvalue weighted by Gasteiger charge is 2.63. The van der Waals surface area contributed by atoms with E-state index in [1.807, 2.05) is 30.1 Å². The average Bonchev–Trinajstić information content (AvgIpc) is 4.05. The maximum absolute atomic E-state index is 14.0. The molecule has 4 aliphatic rings. The van der Waals surface area contributed by atoms with Crippen LogP contribution in [0.25, 0.3) is 38.3 Å². The SMILES string of the molecule is CCc1c2cc[nH]c2cn1-c1c2c(cc3c(=O)cc(C)oc13)C[C@@H](OOC[C@@](O)(Cc1ccc(O)c3ccc(O)cc13)[C@@H](O)[C@H](O)[C@H](O)CO)[C@]1(O2)[C@@H]2C=C[C@@H](NC)[C@H]1C=C[C@@H]2[C@@H]1CNC(=O)C1. The van der Waals surface area contributed by atoms with Gasteiger partial charge in [0.15, 0.2) is 22.4 Å². The Morgan fingerprint density at radius 3 is 2.53 bits per heavy atom. The van der Waals surface area contributed by atoms with Crippen LogP contribution in [0.15, 0.2) is 94.4 Å². The molecule has 0 unspecified atom stereocenters. The van der Waals surface area contributed by atoms with E-state index >= 15 is 0 Å². The Labute approximate surface area is 389 Å². The third kappa shape index (κ3) is 7.39. The second kappa shape index (κ2) is 17.5. The number of aliphatic hydroxyl groups excluding tert-OH is 4. The maximum atomic E-state index is 14.0. The highest BCUT2D eigenvalue weighted by molar-refractivity contribution is 5.93. The van der Waals surface area contributed by atoms with Gasteiger partial charge in [-0.15, -0.1) is 0 Å². The first-order valence-corrected chi connectivity index (χ1v) is 23.1. The van der Waals surface area contributed by atoms with Crippen molar-refractivity contribution in [1.82, 2.24) is 20.2 Å². The predicted molar refractivity (Wildman–Crippen MR) is 249 cm³/mol. The van der Waals surface area contributed by atoms with E-state index in [4.69, 9.17) is 18.9 Å². The normalized spacial score (nSPS) is 26.5. The van der Waals surface area contributed by atoms with Gasteiger partial charge in [-0.25, -0.2) is 9.78 Å². The standard InChI is InChI=1S/C51H56N4O13/c1-4-39-32-13-14-53-38(32)22-55(39)45-47-27(16-34-41(59)15-25(2)66-48(34)45)17-43(51(67-47)35-10-11-37(52-3)36(51)9-8-30(35)28-18-44(61)54-21-28)68-65-24-50(64,49(63)46(62)42(60)23-56)20-26-5-12-40(58)31-7-6-29(57)19-33(26)31/h5-16,19,22,28,30,35-37,42-43,46,49,52-53,56-58,60,62-64H,4,17-18,20-21,23-24H2,1-3H3,(H,54,61)/t28-,30+,35+,36+,37+,42+,43+,46+,49-,50-,51-/m0/s1. The number of aryl methyl sites for hydroxylation is 2. The average molecular weight is 933 g/mol. The summed E-state index contributed by atoms with van der Waals surface area (Å²) in [6.07, 6.45) is 5.74. The number of H-pyrrole nitrogens is 1. The third-order valence-electron chi connectivity index (χ3n) is 14.9. The van der Waals surface area contributed by atoms with Crippen molar-refractivity contribution in [3.05, 3.63) is 118 Å². The van der Waals surface area contributed by atoms with E-state index in [-0.39, 0.29) is 47.1 Å². The second-order valence-corrected chi connectivity index (χ2v) is 18.8. The van der Waals surface area contributed by atoms with Gasteiger partial charge in [0.25, 0.3) is 0 Å². The van der Waals surface area contributed by atoms with E-state index in [2.05, 4.69) is 46.8 Å². The Hall–Kier alpha value is -6.02. The number of aromatic hydroxyl groups is 2. The fraction of sp³-hybridized carbons (Fsp3) is 0.412. The maximum Gasteiger partial charge on any atom is 0.220 e. The molecule has 358 valence electrons. The Morgan fingerprint density at radius 1 is 0.971 bits per heavy atom.